The molecule has 1 aromatic carbocycles. The maximum atomic E-state index is 11.9. The van der Waals surface area contributed by atoms with Gasteiger partial charge < -0.3 is 15.2 Å². The number of phenols is 1. The summed E-state index contributed by atoms with van der Waals surface area (Å²) in [6.07, 6.45) is 18.1. The first-order valence-corrected chi connectivity index (χ1v) is 14.1. The van der Waals surface area contributed by atoms with Crippen molar-refractivity contribution in [2.45, 2.75) is 103 Å². The second-order valence-electron chi connectivity index (χ2n) is 8.65. The molecule has 0 aliphatic carbocycles. The smallest absolute Gasteiger partial charge is 0.220 e. The van der Waals surface area contributed by atoms with Crippen LogP contribution in [-0.4, -0.2) is 35.7 Å². The molecule has 0 bridgehead atoms. The summed E-state index contributed by atoms with van der Waals surface area (Å²) in [7, 11) is 0. The van der Waals surface area contributed by atoms with Crippen molar-refractivity contribution in [3.05, 3.63) is 24.3 Å². The summed E-state index contributed by atoms with van der Waals surface area (Å²) in [5.74, 6) is 3.69. The molecular formula is C27H47NO3S. The lowest BCUT2D eigenvalue weighted by Crippen LogP contribution is -2.24. The molecule has 0 saturated heterocycles. The molecule has 0 fully saturated rings. The zero-order chi connectivity index (χ0) is 23.1. The Kier molecular flexibility index (Phi) is 19.2. The number of amides is 1. The number of hydrogen-bond acceptors (Lipinski definition) is 4. The molecule has 0 heterocycles. The minimum Gasteiger partial charge on any atom is -0.508 e. The summed E-state index contributed by atoms with van der Waals surface area (Å²) < 4.78 is 5.67. The number of unbranched alkanes of at least 4 members (excludes halogenated alkanes) is 11. The number of benzene rings is 1. The van der Waals surface area contributed by atoms with Gasteiger partial charge in [0.15, 0.2) is 0 Å². The van der Waals surface area contributed by atoms with Crippen LogP contribution in [0.25, 0.3) is 0 Å². The van der Waals surface area contributed by atoms with Crippen LogP contribution in [-0.2, 0) is 4.79 Å². The van der Waals surface area contributed by atoms with Gasteiger partial charge in [-0.05, 0) is 61.5 Å². The number of hydrogen-bond donors (Lipinski definition) is 2. The van der Waals surface area contributed by atoms with E-state index < -0.39 is 0 Å². The summed E-state index contributed by atoms with van der Waals surface area (Å²) in [4.78, 5) is 11.9. The van der Waals surface area contributed by atoms with E-state index in [0.29, 0.717) is 6.42 Å². The molecule has 1 amide bonds. The van der Waals surface area contributed by atoms with Crippen molar-refractivity contribution in [2.24, 2.45) is 0 Å². The molecule has 32 heavy (non-hydrogen) atoms. The highest BCUT2D eigenvalue weighted by Gasteiger charge is 2.01. The minimum absolute atomic E-state index is 0.228. The minimum atomic E-state index is 0.228. The number of carbonyl (C=O) groups excluding carboxylic acids is 1. The molecule has 0 aliphatic rings. The van der Waals surface area contributed by atoms with Gasteiger partial charge in [-0.1, -0.05) is 71.1 Å². The fourth-order valence-corrected chi connectivity index (χ4v) is 4.54. The highest BCUT2D eigenvalue weighted by atomic mass is 32.2. The van der Waals surface area contributed by atoms with Gasteiger partial charge in [-0.3, -0.25) is 4.79 Å². The first-order chi connectivity index (χ1) is 15.7. The Morgan fingerprint density at radius 2 is 1.41 bits per heavy atom. The van der Waals surface area contributed by atoms with Gasteiger partial charge in [-0.25, -0.2) is 0 Å². The van der Waals surface area contributed by atoms with E-state index in [0.717, 1.165) is 43.9 Å². The van der Waals surface area contributed by atoms with Crippen LogP contribution in [0.5, 0.6) is 11.5 Å². The fraction of sp³-hybridized carbons (Fsp3) is 0.741. The first kappa shape index (κ1) is 28.7. The summed E-state index contributed by atoms with van der Waals surface area (Å²) >= 11 is 2.00. The molecule has 0 saturated carbocycles. The van der Waals surface area contributed by atoms with E-state index in [1.165, 1.54) is 76.4 Å². The molecule has 0 aliphatic heterocycles. The van der Waals surface area contributed by atoms with E-state index in [2.05, 4.69) is 12.2 Å². The Labute approximate surface area is 201 Å². The van der Waals surface area contributed by atoms with Crippen molar-refractivity contribution < 1.29 is 14.6 Å². The van der Waals surface area contributed by atoms with Crippen molar-refractivity contribution in [3.63, 3.8) is 0 Å². The van der Waals surface area contributed by atoms with Crippen molar-refractivity contribution >= 4 is 17.7 Å². The molecule has 4 nitrogen and oxygen atoms in total. The van der Waals surface area contributed by atoms with Gasteiger partial charge in [0.05, 0.1) is 6.61 Å². The highest BCUT2D eigenvalue weighted by Crippen LogP contribution is 2.16. The molecule has 0 aromatic heterocycles. The molecule has 0 unspecified atom stereocenters. The van der Waals surface area contributed by atoms with Crippen LogP contribution in [0.1, 0.15) is 103 Å². The second-order valence-corrected chi connectivity index (χ2v) is 9.88. The second kappa shape index (κ2) is 21.5. The lowest BCUT2D eigenvalue weighted by atomic mass is 10.1. The quantitative estimate of drug-likeness (QED) is 0.174. The zero-order valence-corrected chi connectivity index (χ0v) is 21.2. The Morgan fingerprint density at radius 3 is 2.09 bits per heavy atom. The van der Waals surface area contributed by atoms with E-state index in [9.17, 15) is 9.90 Å². The molecule has 0 radical (unpaired) electrons. The predicted octanol–water partition coefficient (Wildman–Crippen LogP) is 7.49. The standard InChI is InChI=1S/C27H47NO3S/c1-2-3-4-14-23-32-24-15-16-27(30)28-21-12-10-8-6-5-7-9-11-13-22-31-26-19-17-25(29)18-20-26/h17-20,29H,2-16,21-24H2,1H3,(H,28,30). The normalized spacial score (nSPS) is 10.9. The van der Waals surface area contributed by atoms with Gasteiger partial charge in [-0.2, -0.15) is 11.8 Å². The van der Waals surface area contributed by atoms with Gasteiger partial charge in [0, 0.05) is 13.0 Å². The van der Waals surface area contributed by atoms with Gasteiger partial charge in [-0.15, -0.1) is 0 Å². The number of aromatic hydroxyl groups is 1. The molecule has 1 aromatic rings. The number of phenolic OH excluding ortho intramolecular Hbond substituents is 1. The van der Waals surface area contributed by atoms with Crippen molar-refractivity contribution in [3.8, 4) is 11.5 Å². The topological polar surface area (TPSA) is 58.6 Å². The molecule has 5 heteroatoms. The highest BCUT2D eigenvalue weighted by molar-refractivity contribution is 7.99. The van der Waals surface area contributed by atoms with E-state index in [-0.39, 0.29) is 11.7 Å². The Balaban J connectivity index is 1.74. The largest absolute Gasteiger partial charge is 0.508 e. The first-order valence-electron chi connectivity index (χ1n) is 13.0. The molecule has 0 atom stereocenters. The van der Waals surface area contributed by atoms with Crippen molar-refractivity contribution in [1.82, 2.24) is 5.32 Å². The number of nitrogens with one attached hydrogen (secondary N) is 1. The lowest BCUT2D eigenvalue weighted by Gasteiger charge is -2.07. The van der Waals surface area contributed by atoms with Crippen LogP contribution in [0.15, 0.2) is 24.3 Å². The van der Waals surface area contributed by atoms with Crippen molar-refractivity contribution in [1.29, 1.82) is 0 Å². The monoisotopic (exact) mass is 465 g/mol. The van der Waals surface area contributed by atoms with E-state index in [4.69, 9.17) is 4.74 Å². The summed E-state index contributed by atoms with van der Waals surface area (Å²) in [6, 6.07) is 6.91. The number of rotatable bonds is 22. The average Bonchev–Trinajstić information content (AvgIpc) is 2.80. The predicted molar refractivity (Wildman–Crippen MR) is 139 cm³/mol. The molecule has 0 spiro atoms. The third-order valence-corrected chi connectivity index (χ3v) is 6.74. The summed E-state index contributed by atoms with van der Waals surface area (Å²) in [6.45, 7) is 3.83. The van der Waals surface area contributed by atoms with Crippen LogP contribution in [0.3, 0.4) is 0 Å². The summed E-state index contributed by atoms with van der Waals surface area (Å²) in [5, 5.41) is 12.3. The van der Waals surface area contributed by atoms with E-state index in [1.54, 1.807) is 24.3 Å². The Hall–Kier alpha value is -1.36. The van der Waals surface area contributed by atoms with Gasteiger partial charge in [0.25, 0.3) is 0 Å². The zero-order valence-electron chi connectivity index (χ0n) is 20.4. The molecule has 184 valence electrons. The van der Waals surface area contributed by atoms with Gasteiger partial charge >= 0.3 is 0 Å². The lowest BCUT2D eigenvalue weighted by molar-refractivity contribution is -0.121. The Bertz CT molecular complexity index is 550. The SMILES string of the molecule is CCCCCCSCCCC(=O)NCCCCCCCCCCCOc1ccc(O)cc1. The average molecular weight is 466 g/mol. The van der Waals surface area contributed by atoms with E-state index in [1.807, 2.05) is 11.8 Å². The summed E-state index contributed by atoms with van der Waals surface area (Å²) in [5.41, 5.74) is 0. The van der Waals surface area contributed by atoms with Crippen LogP contribution < -0.4 is 10.1 Å². The maximum Gasteiger partial charge on any atom is 0.220 e. The van der Waals surface area contributed by atoms with Crippen LogP contribution >= 0.6 is 11.8 Å². The molecule has 1 rings (SSSR count). The van der Waals surface area contributed by atoms with Crippen LogP contribution in [0, 0.1) is 0 Å². The number of ether oxygens (including phenoxy) is 1. The number of carbonyl (C=O) groups is 1. The molecule has 2 N–H and O–H groups in total. The maximum absolute atomic E-state index is 11.9. The van der Waals surface area contributed by atoms with Crippen molar-refractivity contribution in [2.75, 3.05) is 24.7 Å². The van der Waals surface area contributed by atoms with Gasteiger partial charge in [0.2, 0.25) is 5.91 Å². The third-order valence-electron chi connectivity index (χ3n) is 5.58. The van der Waals surface area contributed by atoms with Gasteiger partial charge in [0.1, 0.15) is 11.5 Å². The van der Waals surface area contributed by atoms with E-state index >= 15 is 0 Å². The van der Waals surface area contributed by atoms with Crippen LogP contribution in [0.2, 0.25) is 0 Å². The third kappa shape index (κ3) is 18.2. The molecular weight excluding hydrogens is 418 g/mol. The van der Waals surface area contributed by atoms with Crippen LogP contribution in [0.4, 0.5) is 0 Å². The number of thioether (sulfide) groups is 1. The fourth-order valence-electron chi connectivity index (χ4n) is 3.58. The Morgan fingerprint density at radius 1 is 0.812 bits per heavy atom.